The SMILES string of the molecule is CC(=O)CCc1ccc(OCC(O)CN2CCC(C(N)=O)CC2)cc1. The summed E-state index contributed by atoms with van der Waals surface area (Å²) in [4.78, 5) is 24.3. The molecule has 1 aromatic carbocycles. The number of primary amides is 1. The Bertz CT molecular complexity index is 565. The van der Waals surface area contributed by atoms with Crippen LogP contribution in [0.25, 0.3) is 0 Å². The molecule has 1 aliphatic heterocycles. The van der Waals surface area contributed by atoms with E-state index in [1.54, 1.807) is 6.92 Å². The Kier molecular flexibility index (Phi) is 7.40. The van der Waals surface area contributed by atoms with Gasteiger partial charge in [0.05, 0.1) is 0 Å². The lowest BCUT2D eigenvalue weighted by molar-refractivity contribution is -0.123. The van der Waals surface area contributed by atoms with Gasteiger partial charge in [0, 0.05) is 18.9 Å². The number of Topliss-reactive ketones (excluding diaryl/α,β-unsaturated/α-hetero) is 1. The van der Waals surface area contributed by atoms with E-state index in [2.05, 4.69) is 4.90 Å². The number of rotatable bonds is 9. The van der Waals surface area contributed by atoms with Gasteiger partial charge in [0.25, 0.3) is 0 Å². The first kappa shape index (κ1) is 19.4. The highest BCUT2D eigenvalue weighted by molar-refractivity contribution is 5.76. The second-order valence-corrected chi connectivity index (χ2v) is 6.79. The van der Waals surface area contributed by atoms with Gasteiger partial charge in [-0.05, 0) is 57.0 Å². The van der Waals surface area contributed by atoms with Gasteiger partial charge in [0.15, 0.2) is 0 Å². The van der Waals surface area contributed by atoms with Crippen LogP contribution in [0.1, 0.15) is 31.7 Å². The number of β-amino-alcohol motifs (C(OH)–C–C–N with tert-alkyl or cyclic N) is 1. The molecule has 0 saturated carbocycles. The van der Waals surface area contributed by atoms with Gasteiger partial charge in [-0.2, -0.15) is 0 Å². The van der Waals surface area contributed by atoms with Gasteiger partial charge < -0.3 is 25.3 Å². The molecule has 1 fully saturated rings. The van der Waals surface area contributed by atoms with E-state index in [1.165, 1.54) is 0 Å². The molecular formula is C19H28N2O4. The quantitative estimate of drug-likeness (QED) is 0.698. The molecule has 25 heavy (non-hydrogen) atoms. The van der Waals surface area contributed by atoms with E-state index in [1.807, 2.05) is 24.3 Å². The van der Waals surface area contributed by atoms with Crippen molar-refractivity contribution in [1.82, 2.24) is 4.90 Å². The smallest absolute Gasteiger partial charge is 0.220 e. The number of ether oxygens (including phenoxy) is 1. The number of piperidine rings is 1. The molecule has 2 rings (SSSR count). The summed E-state index contributed by atoms with van der Waals surface area (Å²) in [6, 6.07) is 7.61. The van der Waals surface area contributed by atoms with Crippen molar-refractivity contribution < 1.29 is 19.4 Å². The first-order valence-electron chi connectivity index (χ1n) is 8.85. The minimum absolute atomic E-state index is 0.0360. The number of amides is 1. The van der Waals surface area contributed by atoms with Gasteiger partial charge in [-0.25, -0.2) is 0 Å². The van der Waals surface area contributed by atoms with E-state index in [0.717, 1.165) is 37.9 Å². The molecule has 1 atom stereocenters. The maximum absolute atomic E-state index is 11.2. The van der Waals surface area contributed by atoms with Gasteiger partial charge in [0.1, 0.15) is 24.2 Å². The summed E-state index contributed by atoms with van der Waals surface area (Å²) >= 11 is 0. The molecular weight excluding hydrogens is 320 g/mol. The maximum Gasteiger partial charge on any atom is 0.220 e. The molecule has 3 N–H and O–H groups in total. The molecule has 0 aromatic heterocycles. The number of aliphatic hydroxyl groups is 1. The van der Waals surface area contributed by atoms with E-state index >= 15 is 0 Å². The number of aliphatic hydroxyl groups excluding tert-OH is 1. The number of nitrogens with zero attached hydrogens (tertiary/aromatic N) is 1. The first-order valence-corrected chi connectivity index (χ1v) is 8.85. The van der Waals surface area contributed by atoms with Crippen LogP contribution in [0.4, 0.5) is 0 Å². The fraction of sp³-hybridized carbons (Fsp3) is 0.579. The van der Waals surface area contributed by atoms with Crippen molar-refractivity contribution in [3.05, 3.63) is 29.8 Å². The summed E-state index contributed by atoms with van der Waals surface area (Å²) in [6.45, 7) is 3.89. The molecule has 0 bridgehead atoms. The summed E-state index contributed by atoms with van der Waals surface area (Å²) in [5.41, 5.74) is 6.42. The average Bonchev–Trinajstić information content (AvgIpc) is 2.59. The van der Waals surface area contributed by atoms with E-state index in [9.17, 15) is 14.7 Å². The Labute approximate surface area is 149 Å². The summed E-state index contributed by atoms with van der Waals surface area (Å²) in [7, 11) is 0. The molecule has 1 saturated heterocycles. The summed E-state index contributed by atoms with van der Waals surface area (Å²) in [5, 5.41) is 10.1. The van der Waals surface area contributed by atoms with Crippen molar-refractivity contribution in [2.45, 2.75) is 38.7 Å². The molecule has 1 aromatic rings. The van der Waals surface area contributed by atoms with Crippen molar-refractivity contribution in [2.75, 3.05) is 26.2 Å². The van der Waals surface area contributed by atoms with Crippen LogP contribution >= 0.6 is 0 Å². The van der Waals surface area contributed by atoms with Gasteiger partial charge in [-0.15, -0.1) is 0 Å². The van der Waals surface area contributed by atoms with Crippen molar-refractivity contribution in [2.24, 2.45) is 11.7 Å². The summed E-state index contributed by atoms with van der Waals surface area (Å²) in [6.07, 6.45) is 2.21. The number of ketones is 1. The van der Waals surface area contributed by atoms with Crippen molar-refractivity contribution in [1.29, 1.82) is 0 Å². The average molecular weight is 348 g/mol. The number of benzene rings is 1. The van der Waals surface area contributed by atoms with Crippen LogP contribution in [0.5, 0.6) is 5.75 Å². The molecule has 6 heteroatoms. The predicted octanol–water partition coefficient (Wildman–Crippen LogP) is 1.15. The highest BCUT2D eigenvalue weighted by atomic mass is 16.5. The third-order valence-electron chi connectivity index (χ3n) is 4.59. The molecule has 1 heterocycles. The Hall–Kier alpha value is -1.92. The van der Waals surface area contributed by atoms with Crippen LogP contribution in [-0.2, 0) is 16.0 Å². The highest BCUT2D eigenvalue weighted by Gasteiger charge is 2.24. The Morgan fingerprint density at radius 1 is 1.28 bits per heavy atom. The Morgan fingerprint density at radius 3 is 2.48 bits per heavy atom. The minimum atomic E-state index is -0.581. The number of aryl methyl sites for hydroxylation is 1. The fourth-order valence-electron chi connectivity index (χ4n) is 3.02. The molecule has 1 amide bonds. The van der Waals surface area contributed by atoms with Gasteiger partial charge >= 0.3 is 0 Å². The third kappa shape index (κ3) is 6.84. The van der Waals surface area contributed by atoms with Crippen LogP contribution in [0, 0.1) is 5.92 Å². The maximum atomic E-state index is 11.2. The molecule has 1 aliphatic rings. The molecule has 138 valence electrons. The second-order valence-electron chi connectivity index (χ2n) is 6.79. The van der Waals surface area contributed by atoms with Crippen LogP contribution in [0.2, 0.25) is 0 Å². The lowest BCUT2D eigenvalue weighted by Crippen LogP contribution is -2.43. The van der Waals surface area contributed by atoms with Gasteiger partial charge in [-0.1, -0.05) is 12.1 Å². The van der Waals surface area contributed by atoms with E-state index in [4.69, 9.17) is 10.5 Å². The van der Waals surface area contributed by atoms with Crippen LogP contribution in [0.15, 0.2) is 24.3 Å². The largest absolute Gasteiger partial charge is 0.491 e. The fourth-order valence-corrected chi connectivity index (χ4v) is 3.02. The highest BCUT2D eigenvalue weighted by Crippen LogP contribution is 2.17. The number of likely N-dealkylation sites (tertiary alicyclic amines) is 1. The Balaban J connectivity index is 1.68. The normalized spacial score (nSPS) is 17.2. The molecule has 1 unspecified atom stereocenters. The molecule has 6 nitrogen and oxygen atoms in total. The number of nitrogens with two attached hydrogens (primary N) is 1. The van der Waals surface area contributed by atoms with E-state index in [0.29, 0.717) is 18.7 Å². The van der Waals surface area contributed by atoms with Crippen molar-refractivity contribution in [3.8, 4) is 5.75 Å². The third-order valence-corrected chi connectivity index (χ3v) is 4.59. The van der Waals surface area contributed by atoms with E-state index in [-0.39, 0.29) is 24.2 Å². The van der Waals surface area contributed by atoms with Crippen molar-refractivity contribution >= 4 is 11.7 Å². The lowest BCUT2D eigenvalue weighted by atomic mass is 9.96. The van der Waals surface area contributed by atoms with Crippen LogP contribution < -0.4 is 10.5 Å². The number of carbonyl (C=O) groups is 2. The van der Waals surface area contributed by atoms with Gasteiger partial charge in [0.2, 0.25) is 5.91 Å². The van der Waals surface area contributed by atoms with Crippen LogP contribution in [-0.4, -0.2) is 54.0 Å². The molecule has 0 aliphatic carbocycles. The predicted molar refractivity (Wildman–Crippen MR) is 95.3 cm³/mol. The zero-order chi connectivity index (χ0) is 18.2. The summed E-state index contributed by atoms with van der Waals surface area (Å²) in [5.74, 6) is 0.628. The molecule has 0 radical (unpaired) electrons. The topological polar surface area (TPSA) is 92.9 Å². The second kappa shape index (κ2) is 9.53. The van der Waals surface area contributed by atoms with E-state index < -0.39 is 6.10 Å². The van der Waals surface area contributed by atoms with Gasteiger partial charge in [-0.3, -0.25) is 4.79 Å². The number of hydrogen-bond donors (Lipinski definition) is 2. The minimum Gasteiger partial charge on any atom is -0.491 e. The standard InChI is InChI=1S/C19H28N2O4/c1-14(22)2-3-15-4-6-18(7-5-15)25-13-17(23)12-21-10-8-16(9-11-21)19(20)24/h4-7,16-17,23H,2-3,8-13H2,1H3,(H2,20,24). The number of carbonyl (C=O) groups excluding carboxylic acids is 2. The number of hydrogen-bond acceptors (Lipinski definition) is 5. The summed E-state index contributed by atoms with van der Waals surface area (Å²) < 4.78 is 5.63. The lowest BCUT2D eigenvalue weighted by Gasteiger charge is -2.31. The molecule has 0 spiro atoms. The first-order chi connectivity index (χ1) is 11.9. The Morgan fingerprint density at radius 2 is 1.92 bits per heavy atom. The van der Waals surface area contributed by atoms with Crippen LogP contribution in [0.3, 0.4) is 0 Å². The zero-order valence-corrected chi connectivity index (χ0v) is 14.8. The zero-order valence-electron chi connectivity index (χ0n) is 14.8. The van der Waals surface area contributed by atoms with Crippen molar-refractivity contribution in [3.63, 3.8) is 0 Å². The monoisotopic (exact) mass is 348 g/mol.